The summed E-state index contributed by atoms with van der Waals surface area (Å²) in [5.74, 6) is -0.552. The lowest BCUT2D eigenvalue weighted by molar-refractivity contribution is -0.385. The van der Waals surface area contributed by atoms with Crippen LogP contribution in [0.15, 0.2) is 23.9 Å². The van der Waals surface area contributed by atoms with Crippen molar-refractivity contribution in [3.8, 4) is 0 Å². The van der Waals surface area contributed by atoms with Crippen molar-refractivity contribution in [1.82, 2.24) is 10.3 Å². The van der Waals surface area contributed by atoms with Crippen molar-refractivity contribution in [1.29, 1.82) is 0 Å². The summed E-state index contributed by atoms with van der Waals surface area (Å²) in [5.41, 5.74) is 0.466. The van der Waals surface area contributed by atoms with Crippen LogP contribution >= 0.6 is 11.6 Å². The van der Waals surface area contributed by atoms with Gasteiger partial charge >= 0.3 is 5.69 Å². The largest absolute Gasteiger partial charge is 0.348 e. The van der Waals surface area contributed by atoms with Crippen LogP contribution < -0.4 is 5.32 Å². The van der Waals surface area contributed by atoms with Gasteiger partial charge in [-0.1, -0.05) is 23.3 Å². The Morgan fingerprint density at radius 3 is 2.83 bits per heavy atom. The second-order valence-corrected chi connectivity index (χ2v) is 4.10. The normalized spacial score (nSPS) is 9.72. The maximum absolute atomic E-state index is 11.8. The summed E-state index contributed by atoms with van der Waals surface area (Å²) in [6, 6.07) is 1.27. The van der Waals surface area contributed by atoms with Crippen LogP contribution in [0.2, 0.25) is 5.15 Å². The molecule has 1 amide bonds. The third-order valence-electron chi connectivity index (χ3n) is 2.08. The Kier molecular flexibility index (Phi) is 4.79. The summed E-state index contributed by atoms with van der Waals surface area (Å²) >= 11 is 5.61. The molecule has 0 spiro atoms. The van der Waals surface area contributed by atoms with E-state index in [2.05, 4.69) is 10.3 Å². The van der Waals surface area contributed by atoms with Crippen molar-refractivity contribution in [3.05, 3.63) is 44.7 Å². The number of nitrogens with one attached hydrogen (secondary N) is 1. The minimum atomic E-state index is -0.717. The van der Waals surface area contributed by atoms with E-state index in [9.17, 15) is 14.9 Å². The molecule has 96 valence electrons. The molecule has 0 unspecified atom stereocenters. The Hall–Kier alpha value is -1.95. The molecule has 0 aliphatic carbocycles. The first kappa shape index (κ1) is 14.1. The maximum Gasteiger partial charge on any atom is 0.319 e. The Morgan fingerprint density at radius 1 is 1.61 bits per heavy atom. The molecule has 0 saturated carbocycles. The number of carbonyl (C=O) groups excluding carboxylic acids is 1. The van der Waals surface area contributed by atoms with E-state index in [1.807, 2.05) is 13.8 Å². The quantitative estimate of drug-likeness (QED) is 0.393. The SMILES string of the molecule is CC(C)=CCNC(=O)c1ccnc(Cl)c1[N+](=O)[O-]. The van der Waals surface area contributed by atoms with Crippen LogP contribution in [0, 0.1) is 10.1 Å². The number of pyridine rings is 1. The number of nitrogens with zero attached hydrogens (tertiary/aromatic N) is 2. The average Bonchev–Trinajstić information content (AvgIpc) is 2.27. The number of halogens is 1. The number of nitro groups is 1. The molecule has 0 radical (unpaired) electrons. The van der Waals surface area contributed by atoms with Crippen molar-refractivity contribution in [2.75, 3.05) is 6.54 Å². The molecule has 0 aliphatic rings. The molecule has 6 nitrogen and oxygen atoms in total. The van der Waals surface area contributed by atoms with Gasteiger partial charge in [-0.05, 0) is 19.9 Å². The summed E-state index contributed by atoms with van der Waals surface area (Å²) < 4.78 is 0. The maximum atomic E-state index is 11.8. The molecule has 0 aromatic carbocycles. The number of allylic oxidation sites excluding steroid dienone is 1. The van der Waals surface area contributed by atoms with E-state index in [0.29, 0.717) is 6.54 Å². The molecule has 1 rings (SSSR count). The molecule has 1 heterocycles. The molecular weight excluding hydrogens is 258 g/mol. The van der Waals surface area contributed by atoms with Crippen molar-refractivity contribution in [2.24, 2.45) is 0 Å². The lowest BCUT2D eigenvalue weighted by atomic mass is 10.2. The van der Waals surface area contributed by atoms with Crippen LogP contribution in [0.3, 0.4) is 0 Å². The molecular formula is C11H12ClN3O3. The zero-order valence-electron chi connectivity index (χ0n) is 9.94. The van der Waals surface area contributed by atoms with Crippen molar-refractivity contribution < 1.29 is 9.72 Å². The van der Waals surface area contributed by atoms with Crippen LogP contribution in [-0.4, -0.2) is 22.4 Å². The van der Waals surface area contributed by atoms with Gasteiger partial charge in [0.2, 0.25) is 5.15 Å². The average molecular weight is 270 g/mol. The van der Waals surface area contributed by atoms with Crippen LogP contribution in [0.4, 0.5) is 5.69 Å². The minimum Gasteiger partial charge on any atom is -0.348 e. The standard InChI is InChI=1S/C11H12ClN3O3/c1-7(2)3-5-14-11(16)8-4-6-13-10(12)9(8)15(17)18/h3-4,6H,5H2,1-2H3,(H,14,16). The lowest BCUT2D eigenvalue weighted by Crippen LogP contribution is -2.24. The van der Waals surface area contributed by atoms with Gasteiger partial charge < -0.3 is 5.32 Å². The van der Waals surface area contributed by atoms with Gasteiger partial charge in [-0.15, -0.1) is 0 Å². The van der Waals surface area contributed by atoms with E-state index in [4.69, 9.17) is 11.6 Å². The van der Waals surface area contributed by atoms with Crippen molar-refractivity contribution >= 4 is 23.2 Å². The molecule has 7 heteroatoms. The van der Waals surface area contributed by atoms with E-state index in [-0.39, 0.29) is 10.7 Å². The Balaban J connectivity index is 2.96. The van der Waals surface area contributed by atoms with Gasteiger partial charge in [0.05, 0.1) is 4.92 Å². The molecule has 18 heavy (non-hydrogen) atoms. The summed E-state index contributed by atoms with van der Waals surface area (Å²) in [4.78, 5) is 25.5. The van der Waals surface area contributed by atoms with Gasteiger partial charge in [-0.2, -0.15) is 0 Å². The lowest BCUT2D eigenvalue weighted by Gasteiger charge is -2.04. The van der Waals surface area contributed by atoms with E-state index in [1.165, 1.54) is 12.3 Å². The molecule has 0 saturated heterocycles. The first-order valence-electron chi connectivity index (χ1n) is 5.14. The Bertz CT molecular complexity index is 510. The summed E-state index contributed by atoms with van der Waals surface area (Å²) in [5, 5.41) is 13.1. The van der Waals surface area contributed by atoms with Crippen LogP contribution in [0.1, 0.15) is 24.2 Å². The first-order chi connectivity index (χ1) is 8.43. The zero-order chi connectivity index (χ0) is 13.7. The molecule has 0 aliphatic heterocycles. The fourth-order valence-corrected chi connectivity index (χ4v) is 1.46. The van der Waals surface area contributed by atoms with Crippen LogP contribution in [-0.2, 0) is 0 Å². The number of hydrogen-bond donors (Lipinski definition) is 1. The van der Waals surface area contributed by atoms with E-state index < -0.39 is 16.5 Å². The Labute approximate surface area is 109 Å². The fraction of sp³-hybridized carbons (Fsp3) is 0.273. The number of amides is 1. The minimum absolute atomic E-state index is 0.0952. The highest BCUT2D eigenvalue weighted by atomic mass is 35.5. The number of carbonyl (C=O) groups is 1. The first-order valence-corrected chi connectivity index (χ1v) is 5.51. The Morgan fingerprint density at radius 2 is 2.28 bits per heavy atom. The van der Waals surface area contributed by atoms with Gasteiger partial charge in [-0.3, -0.25) is 14.9 Å². The fourth-order valence-electron chi connectivity index (χ4n) is 1.23. The zero-order valence-corrected chi connectivity index (χ0v) is 10.7. The topological polar surface area (TPSA) is 85.1 Å². The highest BCUT2D eigenvalue weighted by molar-refractivity contribution is 6.32. The predicted octanol–water partition coefficient (Wildman–Crippen LogP) is 2.34. The highest BCUT2D eigenvalue weighted by Crippen LogP contribution is 2.25. The van der Waals surface area contributed by atoms with E-state index in [1.54, 1.807) is 6.08 Å². The van der Waals surface area contributed by atoms with Gasteiger partial charge in [0.15, 0.2) is 0 Å². The van der Waals surface area contributed by atoms with E-state index in [0.717, 1.165) is 5.57 Å². The van der Waals surface area contributed by atoms with Crippen molar-refractivity contribution in [2.45, 2.75) is 13.8 Å². The van der Waals surface area contributed by atoms with E-state index >= 15 is 0 Å². The second-order valence-electron chi connectivity index (χ2n) is 3.75. The van der Waals surface area contributed by atoms with Gasteiger partial charge in [-0.25, -0.2) is 4.98 Å². The van der Waals surface area contributed by atoms with Gasteiger partial charge in [0.25, 0.3) is 5.91 Å². The van der Waals surface area contributed by atoms with Crippen molar-refractivity contribution in [3.63, 3.8) is 0 Å². The number of aromatic nitrogens is 1. The molecule has 0 bridgehead atoms. The summed E-state index contributed by atoms with van der Waals surface area (Å²) in [6.07, 6.45) is 3.05. The molecule has 1 aromatic rings. The predicted molar refractivity (Wildman–Crippen MR) is 67.7 cm³/mol. The molecule has 0 atom stereocenters. The van der Waals surface area contributed by atoms with Crippen LogP contribution in [0.5, 0.6) is 0 Å². The third kappa shape index (κ3) is 3.53. The monoisotopic (exact) mass is 269 g/mol. The summed E-state index contributed by atoms with van der Waals surface area (Å²) in [7, 11) is 0. The number of rotatable bonds is 4. The smallest absolute Gasteiger partial charge is 0.319 e. The summed E-state index contributed by atoms with van der Waals surface area (Å²) in [6.45, 7) is 4.08. The highest BCUT2D eigenvalue weighted by Gasteiger charge is 2.24. The van der Waals surface area contributed by atoms with Gasteiger partial charge in [0.1, 0.15) is 5.56 Å². The molecule has 1 aromatic heterocycles. The third-order valence-corrected chi connectivity index (χ3v) is 2.36. The van der Waals surface area contributed by atoms with Gasteiger partial charge in [0, 0.05) is 12.7 Å². The second kappa shape index (κ2) is 6.11. The van der Waals surface area contributed by atoms with Crippen LogP contribution in [0.25, 0.3) is 0 Å². The molecule has 0 fully saturated rings. The molecule has 1 N–H and O–H groups in total. The number of hydrogen-bond acceptors (Lipinski definition) is 4.